The number of morpholine rings is 1. The molecule has 0 aromatic heterocycles. The second-order valence-electron chi connectivity index (χ2n) is 8.91. The maximum Gasteiger partial charge on any atom is 0.255 e. The van der Waals surface area contributed by atoms with Crippen LogP contribution in [0.25, 0.3) is 0 Å². The molecule has 1 aliphatic carbocycles. The molecule has 2 aromatic rings. The standard InChI is InChI=1S/C26H28N4O4/c1-17-15-19(29-11-13-34-14-12-29)9-10-23(17)27-24(31)18-5-4-6-20(16-18)30-26(33)22-8-3-2-7-21(22)25(32)28-30/h2-6,9-10,15-16,21-22H,7-8,11-14H2,1H3,(H,27,31)(H,28,32). The van der Waals surface area contributed by atoms with Gasteiger partial charge in [0.05, 0.1) is 30.7 Å². The Kier molecular flexibility index (Phi) is 6.06. The summed E-state index contributed by atoms with van der Waals surface area (Å²) in [6.07, 6.45) is 5.02. The molecule has 2 fully saturated rings. The van der Waals surface area contributed by atoms with Gasteiger partial charge in [-0.2, -0.15) is 0 Å². The van der Waals surface area contributed by atoms with Gasteiger partial charge >= 0.3 is 0 Å². The molecule has 3 amide bonds. The van der Waals surface area contributed by atoms with Crippen LogP contribution in [0, 0.1) is 18.8 Å². The van der Waals surface area contributed by atoms with Crippen LogP contribution in [0.15, 0.2) is 54.6 Å². The van der Waals surface area contributed by atoms with Gasteiger partial charge in [-0.1, -0.05) is 18.2 Å². The minimum absolute atomic E-state index is 0.152. The Morgan fingerprint density at radius 2 is 1.76 bits per heavy atom. The van der Waals surface area contributed by atoms with Crippen LogP contribution in [0.3, 0.4) is 0 Å². The number of fused-ring (bicyclic) bond motifs is 1. The van der Waals surface area contributed by atoms with Crippen LogP contribution >= 0.6 is 0 Å². The van der Waals surface area contributed by atoms with Crippen molar-refractivity contribution in [2.24, 2.45) is 11.8 Å². The summed E-state index contributed by atoms with van der Waals surface area (Å²) in [5.74, 6) is -1.30. The fourth-order valence-corrected chi connectivity index (χ4v) is 4.77. The Balaban J connectivity index is 1.31. The van der Waals surface area contributed by atoms with Crippen molar-refractivity contribution < 1.29 is 19.1 Å². The number of allylic oxidation sites excluding steroid dienone is 2. The lowest BCUT2D eigenvalue weighted by Crippen LogP contribution is -2.59. The third kappa shape index (κ3) is 4.28. The number of aryl methyl sites for hydroxylation is 1. The van der Waals surface area contributed by atoms with Gasteiger partial charge in [0.2, 0.25) is 11.8 Å². The van der Waals surface area contributed by atoms with Gasteiger partial charge in [0.15, 0.2) is 0 Å². The molecular weight excluding hydrogens is 432 g/mol. The number of hydrazine groups is 1. The van der Waals surface area contributed by atoms with Gasteiger partial charge in [0, 0.05) is 30.0 Å². The molecule has 2 N–H and O–H groups in total. The van der Waals surface area contributed by atoms with Crippen molar-refractivity contribution in [1.29, 1.82) is 0 Å². The van der Waals surface area contributed by atoms with Crippen molar-refractivity contribution in [2.45, 2.75) is 19.8 Å². The van der Waals surface area contributed by atoms with Crippen LogP contribution in [0.4, 0.5) is 17.1 Å². The van der Waals surface area contributed by atoms with Crippen molar-refractivity contribution in [3.63, 3.8) is 0 Å². The molecule has 34 heavy (non-hydrogen) atoms. The second-order valence-corrected chi connectivity index (χ2v) is 8.91. The fraction of sp³-hybridized carbons (Fsp3) is 0.346. The summed E-state index contributed by atoms with van der Waals surface area (Å²) in [6, 6.07) is 12.7. The molecule has 3 aliphatic rings. The Hall–Kier alpha value is -3.65. The molecule has 176 valence electrons. The van der Waals surface area contributed by atoms with Crippen molar-refractivity contribution >= 4 is 34.8 Å². The van der Waals surface area contributed by atoms with E-state index in [-0.39, 0.29) is 29.6 Å². The number of rotatable bonds is 4. The van der Waals surface area contributed by atoms with Crippen molar-refractivity contribution in [2.75, 3.05) is 41.5 Å². The van der Waals surface area contributed by atoms with Gasteiger partial charge in [-0.05, 0) is 61.7 Å². The lowest BCUT2D eigenvalue weighted by Gasteiger charge is -2.38. The maximum atomic E-state index is 13.0. The summed E-state index contributed by atoms with van der Waals surface area (Å²) < 4.78 is 5.42. The lowest BCUT2D eigenvalue weighted by atomic mass is 9.80. The first-order valence-corrected chi connectivity index (χ1v) is 11.7. The number of anilines is 3. The third-order valence-corrected chi connectivity index (χ3v) is 6.73. The number of carbonyl (C=O) groups excluding carboxylic acids is 3. The number of hydrogen-bond acceptors (Lipinski definition) is 5. The molecule has 8 nitrogen and oxygen atoms in total. The smallest absolute Gasteiger partial charge is 0.255 e. The molecule has 8 heteroatoms. The highest BCUT2D eigenvalue weighted by atomic mass is 16.5. The number of benzene rings is 2. The number of ether oxygens (including phenoxy) is 1. The summed E-state index contributed by atoms with van der Waals surface area (Å²) in [5.41, 5.74) is 6.38. The minimum atomic E-state index is -0.371. The normalized spacial score (nSPS) is 22.3. The van der Waals surface area contributed by atoms with Gasteiger partial charge in [-0.25, -0.2) is 5.01 Å². The van der Waals surface area contributed by atoms with Gasteiger partial charge in [0.25, 0.3) is 5.91 Å². The Morgan fingerprint density at radius 3 is 2.53 bits per heavy atom. The van der Waals surface area contributed by atoms with E-state index < -0.39 is 0 Å². The van der Waals surface area contributed by atoms with E-state index in [0.717, 1.165) is 30.0 Å². The zero-order valence-electron chi connectivity index (χ0n) is 19.1. The van der Waals surface area contributed by atoms with E-state index in [1.54, 1.807) is 24.3 Å². The molecule has 2 heterocycles. The molecular formula is C26H28N4O4. The van der Waals surface area contributed by atoms with Crippen LogP contribution < -0.4 is 20.7 Å². The number of hydrogen-bond donors (Lipinski definition) is 2. The Bertz CT molecular complexity index is 1160. The zero-order chi connectivity index (χ0) is 23.7. The summed E-state index contributed by atoms with van der Waals surface area (Å²) in [4.78, 5) is 40.9. The van der Waals surface area contributed by atoms with Crippen LogP contribution in [-0.2, 0) is 14.3 Å². The minimum Gasteiger partial charge on any atom is -0.378 e. The average molecular weight is 461 g/mol. The number of nitrogens with one attached hydrogen (secondary N) is 2. The summed E-state index contributed by atoms with van der Waals surface area (Å²) >= 11 is 0. The third-order valence-electron chi connectivity index (χ3n) is 6.73. The first-order chi connectivity index (χ1) is 16.5. The van der Waals surface area contributed by atoms with Crippen LogP contribution in [0.2, 0.25) is 0 Å². The van der Waals surface area contributed by atoms with Gasteiger partial charge in [-0.15, -0.1) is 0 Å². The molecule has 2 aliphatic heterocycles. The predicted octanol–water partition coefficient (Wildman–Crippen LogP) is 3.04. The van der Waals surface area contributed by atoms with Crippen LogP contribution in [0.1, 0.15) is 28.8 Å². The van der Waals surface area contributed by atoms with Crippen LogP contribution in [-0.4, -0.2) is 44.0 Å². The number of amides is 3. The highest BCUT2D eigenvalue weighted by Gasteiger charge is 2.42. The van der Waals surface area contributed by atoms with E-state index in [1.165, 1.54) is 5.01 Å². The number of carbonyl (C=O) groups is 3. The summed E-state index contributed by atoms with van der Waals surface area (Å²) in [5, 5.41) is 4.25. The van der Waals surface area contributed by atoms with Crippen LogP contribution in [0.5, 0.6) is 0 Å². The Morgan fingerprint density at radius 1 is 1.00 bits per heavy atom. The van der Waals surface area contributed by atoms with E-state index in [4.69, 9.17) is 4.74 Å². The van der Waals surface area contributed by atoms with E-state index in [1.807, 2.05) is 31.2 Å². The maximum absolute atomic E-state index is 13.0. The predicted molar refractivity (Wildman–Crippen MR) is 130 cm³/mol. The number of nitrogens with zero attached hydrogens (tertiary/aromatic N) is 2. The van der Waals surface area contributed by atoms with Gasteiger partial charge in [-0.3, -0.25) is 19.8 Å². The first-order valence-electron chi connectivity index (χ1n) is 11.7. The highest BCUT2D eigenvalue weighted by Crippen LogP contribution is 2.32. The molecule has 2 saturated heterocycles. The van der Waals surface area contributed by atoms with Gasteiger partial charge < -0.3 is 15.0 Å². The monoisotopic (exact) mass is 460 g/mol. The first kappa shape index (κ1) is 22.2. The molecule has 5 rings (SSSR count). The van der Waals surface area contributed by atoms with Crippen molar-refractivity contribution in [1.82, 2.24) is 5.43 Å². The zero-order valence-corrected chi connectivity index (χ0v) is 19.1. The molecule has 0 bridgehead atoms. The van der Waals surface area contributed by atoms with Gasteiger partial charge in [0.1, 0.15) is 0 Å². The second kappa shape index (κ2) is 9.30. The lowest BCUT2D eigenvalue weighted by molar-refractivity contribution is -0.139. The largest absolute Gasteiger partial charge is 0.378 e. The molecule has 2 atom stereocenters. The molecule has 0 saturated carbocycles. The molecule has 2 aromatic carbocycles. The average Bonchev–Trinajstić information content (AvgIpc) is 2.88. The fourth-order valence-electron chi connectivity index (χ4n) is 4.77. The molecule has 2 unspecified atom stereocenters. The van der Waals surface area contributed by atoms with E-state index in [2.05, 4.69) is 21.7 Å². The van der Waals surface area contributed by atoms with Crippen molar-refractivity contribution in [3.8, 4) is 0 Å². The Labute approximate surface area is 198 Å². The molecule has 0 spiro atoms. The quantitative estimate of drug-likeness (QED) is 0.685. The molecule has 0 radical (unpaired) electrons. The summed E-state index contributed by atoms with van der Waals surface area (Å²) in [7, 11) is 0. The van der Waals surface area contributed by atoms with E-state index in [0.29, 0.717) is 37.3 Å². The topological polar surface area (TPSA) is 91.0 Å². The SMILES string of the molecule is Cc1cc(N2CCOCC2)ccc1NC(=O)c1cccc(N2NC(=O)C3CC=CCC3C2=O)c1. The van der Waals surface area contributed by atoms with E-state index >= 15 is 0 Å². The van der Waals surface area contributed by atoms with Crippen molar-refractivity contribution in [3.05, 3.63) is 65.7 Å². The summed E-state index contributed by atoms with van der Waals surface area (Å²) in [6.45, 7) is 5.09. The van der Waals surface area contributed by atoms with E-state index in [9.17, 15) is 14.4 Å². The highest BCUT2D eigenvalue weighted by molar-refractivity contribution is 6.07.